The van der Waals surface area contributed by atoms with Crippen LogP contribution < -0.4 is 15.0 Å². The van der Waals surface area contributed by atoms with Crippen LogP contribution in [-0.2, 0) is 9.59 Å². The molecule has 26 heavy (non-hydrogen) atoms. The van der Waals surface area contributed by atoms with E-state index in [0.717, 1.165) is 0 Å². The SMILES string of the molecule is COc1ccc(N2C(=O)C(=Cc3ccc(Cl)cc3Cl)C(=O)NC2=S)cc1. The first-order chi connectivity index (χ1) is 12.4. The Kier molecular flexibility index (Phi) is 5.27. The smallest absolute Gasteiger partial charge is 0.270 e. The third kappa shape index (κ3) is 3.58. The summed E-state index contributed by atoms with van der Waals surface area (Å²) in [5, 5.41) is 3.31. The summed E-state index contributed by atoms with van der Waals surface area (Å²) in [7, 11) is 1.54. The molecule has 2 aromatic rings. The molecule has 0 aliphatic carbocycles. The topological polar surface area (TPSA) is 58.6 Å². The first kappa shape index (κ1) is 18.4. The molecule has 2 aromatic carbocycles. The average molecular weight is 407 g/mol. The van der Waals surface area contributed by atoms with Crippen molar-refractivity contribution in [1.29, 1.82) is 0 Å². The second-order valence-electron chi connectivity index (χ2n) is 5.32. The summed E-state index contributed by atoms with van der Waals surface area (Å²) in [6, 6.07) is 11.5. The number of thiocarbonyl (C=S) groups is 1. The van der Waals surface area contributed by atoms with Crippen LogP contribution in [0.4, 0.5) is 5.69 Å². The van der Waals surface area contributed by atoms with Crippen LogP contribution in [0.2, 0.25) is 10.0 Å². The molecule has 0 atom stereocenters. The molecule has 0 saturated carbocycles. The van der Waals surface area contributed by atoms with Crippen LogP contribution in [0, 0.1) is 0 Å². The molecule has 1 N–H and O–H groups in total. The molecule has 1 fully saturated rings. The van der Waals surface area contributed by atoms with E-state index in [2.05, 4.69) is 5.32 Å². The Bertz CT molecular complexity index is 942. The Labute approximate surface area is 165 Å². The largest absolute Gasteiger partial charge is 0.497 e. The molecule has 1 saturated heterocycles. The Morgan fingerprint density at radius 1 is 1.12 bits per heavy atom. The Balaban J connectivity index is 2.00. The summed E-state index contributed by atoms with van der Waals surface area (Å²) in [5.41, 5.74) is 0.921. The average Bonchev–Trinajstić information content (AvgIpc) is 2.60. The fraction of sp³-hybridized carbons (Fsp3) is 0.0556. The number of nitrogens with zero attached hydrogens (tertiary/aromatic N) is 1. The lowest BCUT2D eigenvalue weighted by molar-refractivity contribution is -0.122. The van der Waals surface area contributed by atoms with E-state index in [4.69, 9.17) is 40.2 Å². The zero-order chi connectivity index (χ0) is 18.8. The lowest BCUT2D eigenvalue weighted by Crippen LogP contribution is -2.54. The highest BCUT2D eigenvalue weighted by atomic mass is 35.5. The molecule has 8 heteroatoms. The van der Waals surface area contributed by atoms with E-state index < -0.39 is 11.8 Å². The normalized spacial score (nSPS) is 16.0. The first-order valence-electron chi connectivity index (χ1n) is 7.41. The predicted molar refractivity (Wildman–Crippen MR) is 106 cm³/mol. The third-order valence-corrected chi connectivity index (χ3v) is 4.54. The lowest BCUT2D eigenvalue weighted by atomic mass is 10.1. The quantitative estimate of drug-likeness (QED) is 0.477. The van der Waals surface area contributed by atoms with Crippen molar-refractivity contribution in [3.8, 4) is 5.75 Å². The molecular formula is C18H12Cl2N2O3S. The second-order valence-corrected chi connectivity index (χ2v) is 6.55. The lowest BCUT2D eigenvalue weighted by Gasteiger charge is -2.29. The molecular weight excluding hydrogens is 395 g/mol. The fourth-order valence-electron chi connectivity index (χ4n) is 2.40. The summed E-state index contributed by atoms with van der Waals surface area (Å²) in [5.74, 6) is -0.498. The number of rotatable bonds is 3. The van der Waals surface area contributed by atoms with Crippen molar-refractivity contribution in [3.05, 3.63) is 63.6 Å². The van der Waals surface area contributed by atoms with Crippen LogP contribution in [0.5, 0.6) is 5.75 Å². The van der Waals surface area contributed by atoms with Crippen molar-refractivity contribution in [2.24, 2.45) is 0 Å². The van der Waals surface area contributed by atoms with E-state index in [9.17, 15) is 9.59 Å². The van der Waals surface area contributed by atoms with Crippen molar-refractivity contribution in [3.63, 3.8) is 0 Å². The number of ether oxygens (including phenoxy) is 1. The molecule has 132 valence electrons. The minimum absolute atomic E-state index is 0.00419. The molecule has 1 heterocycles. The fourth-order valence-corrected chi connectivity index (χ4v) is 3.14. The van der Waals surface area contributed by atoms with E-state index >= 15 is 0 Å². The van der Waals surface area contributed by atoms with E-state index in [1.165, 1.54) is 17.0 Å². The van der Waals surface area contributed by atoms with Gasteiger partial charge in [0.05, 0.1) is 12.8 Å². The van der Waals surface area contributed by atoms with Gasteiger partial charge in [0.15, 0.2) is 5.11 Å². The van der Waals surface area contributed by atoms with Crippen LogP contribution in [0.15, 0.2) is 48.0 Å². The summed E-state index contributed by atoms with van der Waals surface area (Å²) in [6.45, 7) is 0. The molecule has 0 unspecified atom stereocenters. The van der Waals surface area contributed by atoms with Gasteiger partial charge < -0.3 is 4.74 Å². The Morgan fingerprint density at radius 2 is 1.81 bits per heavy atom. The third-order valence-electron chi connectivity index (χ3n) is 3.69. The highest BCUT2D eigenvalue weighted by molar-refractivity contribution is 7.80. The van der Waals surface area contributed by atoms with Gasteiger partial charge in [-0.3, -0.25) is 19.8 Å². The minimum atomic E-state index is -0.587. The number of hydrogen-bond acceptors (Lipinski definition) is 4. The van der Waals surface area contributed by atoms with Gasteiger partial charge in [-0.2, -0.15) is 0 Å². The molecule has 1 aliphatic heterocycles. The maximum Gasteiger partial charge on any atom is 0.270 e. The van der Waals surface area contributed by atoms with Crippen LogP contribution in [0.25, 0.3) is 6.08 Å². The molecule has 1 aliphatic rings. The van der Waals surface area contributed by atoms with Gasteiger partial charge in [-0.05, 0) is 60.3 Å². The van der Waals surface area contributed by atoms with Crippen molar-refractivity contribution in [1.82, 2.24) is 5.32 Å². The molecule has 2 amide bonds. The number of nitrogens with one attached hydrogen (secondary N) is 1. The molecule has 3 rings (SSSR count). The molecule has 5 nitrogen and oxygen atoms in total. The number of hydrogen-bond donors (Lipinski definition) is 1. The number of carbonyl (C=O) groups is 2. The highest BCUT2D eigenvalue weighted by Crippen LogP contribution is 2.27. The van der Waals surface area contributed by atoms with Crippen molar-refractivity contribution in [2.75, 3.05) is 12.0 Å². The zero-order valence-electron chi connectivity index (χ0n) is 13.5. The van der Waals surface area contributed by atoms with Gasteiger partial charge in [-0.15, -0.1) is 0 Å². The van der Waals surface area contributed by atoms with Gasteiger partial charge in [0.2, 0.25) is 0 Å². The highest BCUT2D eigenvalue weighted by Gasteiger charge is 2.34. The molecule has 0 bridgehead atoms. The van der Waals surface area contributed by atoms with Gasteiger partial charge >= 0.3 is 0 Å². The molecule has 0 spiro atoms. The van der Waals surface area contributed by atoms with Gasteiger partial charge in [0.1, 0.15) is 11.3 Å². The van der Waals surface area contributed by atoms with Gasteiger partial charge in [-0.25, -0.2) is 0 Å². The molecule has 0 aromatic heterocycles. The number of carbonyl (C=O) groups excluding carboxylic acids is 2. The van der Waals surface area contributed by atoms with Crippen LogP contribution >= 0.6 is 35.4 Å². The standard InChI is InChI=1S/C18H12Cl2N2O3S/c1-25-13-6-4-12(5-7-13)22-17(24)14(16(23)21-18(22)26)8-10-2-3-11(19)9-15(10)20/h2-9H,1H3,(H,21,23,26). The summed E-state index contributed by atoms with van der Waals surface area (Å²) in [4.78, 5) is 26.4. The summed E-state index contributed by atoms with van der Waals surface area (Å²) in [6.07, 6.45) is 1.41. The second kappa shape index (κ2) is 7.45. The van der Waals surface area contributed by atoms with Gasteiger partial charge in [0.25, 0.3) is 11.8 Å². The molecule has 0 radical (unpaired) electrons. The van der Waals surface area contributed by atoms with E-state index in [-0.39, 0.29) is 10.7 Å². The van der Waals surface area contributed by atoms with Gasteiger partial charge in [-0.1, -0.05) is 29.3 Å². The summed E-state index contributed by atoms with van der Waals surface area (Å²) < 4.78 is 5.11. The number of anilines is 1. The van der Waals surface area contributed by atoms with Gasteiger partial charge in [0, 0.05) is 10.0 Å². The van der Waals surface area contributed by atoms with E-state index in [1.54, 1.807) is 43.5 Å². The maximum atomic E-state index is 12.9. The first-order valence-corrected chi connectivity index (χ1v) is 8.57. The van der Waals surface area contributed by atoms with Crippen LogP contribution in [0.1, 0.15) is 5.56 Å². The number of amides is 2. The van der Waals surface area contributed by atoms with Crippen LogP contribution in [0.3, 0.4) is 0 Å². The number of methoxy groups -OCH3 is 1. The van der Waals surface area contributed by atoms with E-state index in [0.29, 0.717) is 27.0 Å². The number of benzene rings is 2. The van der Waals surface area contributed by atoms with Crippen LogP contribution in [-0.4, -0.2) is 24.0 Å². The monoisotopic (exact) mass is 406 g/mol. The van der Waals surface area contributed by atoms with Crippen molar-refractivity contribution in [2.45, 2.75) is 0 Å². The maximum absolute atomic E-state index is 12.9. The summed E-state index contributed by atoms with van der Waals surface area (Å²) >= 11 is 17.2. The van der Waals surface area contributed by atoms with Crippen molar-refractivity contribution >= 4 is 64.1 Å². The van der Waals surface area contributed by atoms with E-state index in [1.807, 2.05) is 0 Å². The Morgan fingerprint density at radius 3 is 2.42 bits per heavy atom. The Hall–Kier alpha value is -2.41. The number of halogens is 2. The predicted octanol–water partition coefficient (Wildman–Crippen LogP) is 3.83. The minimum Gasteiger partial charge on any atom is -0.497 e. The van der Waals surface area contributed by atoms with Crippen molar-refractivity contribution < 1.29 is 14.3 Å². The zero-order valence-corrected chi connectivity index (χ0v) is 15.8.